The lowest BCUT2D eigenvalue weighted by molar-refractivity contribution is -0.123. The van der Waals surface area contributed by atoms with E-state index in [0.717, 1.165) is 6.42 Å². The summed E-state index contributed by atoms with van der Waals surface area (Å²) in [6.45, 7) is 1.88. The van der Waals surface area contributed by atoms with Gasteiger partial charge in [-0.1, -0.05) is 30.3 Å². The van der Waals surface area contributed by atoms with Gasteiger partial charge in [0.15, 0.2) is 0 Å². The summed E-state index contributed by atoms with van der Waals surface area (Å²) in [5.74, 6) is 0.342. The molecule has 3 unspecified atom stereocenters. The Kier molecular flexibility index (Phi) is 3.74. The first-order chi connectivity index (χ1) is 10.5. The van der Waals surface area contributed by atoms with Crippen LogP contribution in [0, 0.1) is 5.92 Å². The summed E-state index contributed by atoms with van der Waals surface area (Å²) in [6.07, 6.45) is 4.26. The van der Waals surface area contributed by atoms with E-state index in [-0.39, 0.29) is 18.4 Å². The van der Waals surface area contributed by atoms with E-state index < -0.39 is 5.60 Å². The largest absolute Gasteiger partial charge is 0.383 e. The number of carbonyl (C=O) groups excluding carboxylic acids is 1. The van der Waals surface area contributed by atoms with Crippen LogP contribution in [-0.2, 0) is 17.4 Å². The smallest absolute Gasteiger partial charge is 0.223 e. The Labute approximate surface area is 130 Å². The van der Waals surface area contributed by atoms with E-state index in [1.807, 2.05) is 18.2 Å². The minimum atomic E-state index is -1.11. The van der Waals surface area contributed by atoms with Crippen LogP contribution in [0.1, 0.15) is 30.4 Å². The molecule has 0 spiro atoms. The number of carbonyl (C=O) groups is 1. The lowest BCUT2D eigenvalue weighted by Gasteiger charge is -2.22. The van der Waals surface area contributed by atoms with Crippen molar-refractivity contribution >= 4 is 5.91 Å². The van der Waals surface area contributed by atoms with Gasteiger partial charge in [0.05, 0.1) is 12.7 Å². The number of rotatable bonds is 5. The molecule has 22 heavy (non-hydrogen) atoms. The zero-order valence-corrected chi connectivity index (χ0v) is 12.9. The van der Waals surface area contributed by atoms with Gasteiger partial charge in [-0.15, -0.1) is 0 Å². The number of aliphatic hydroxyl groups is 1. The molecule has 2 aromatic rings. The monoisotopic (exact) mass is 299 g/mol. The van der Waals surface area contributed by atoms with Gasteiger partial charge in [0.2, 0.25) is 5.91 Å². The predicted octanol–water partition coefficient (Wildman–Crippen LogP) is 1.55. The lowest BCUT2D eigenvalue weighted by atomic mass is 9.99. The SMILES string of the molecule is Cn1cc(C(C)(O)CNC(=O)C2CC2c2ccccc2)cn1. The summed E-state index contributed by atoms with van der Waals surface area (Å²) in [7, 11) is 1.80. The summed E-state index contributed by atoms with van der Waals surface area (Å²) in [5.41, 5.74) is 0.800. The molecule has 116 valence electrons. The van der Waals surface area contributed by atoms with E-state index in [1.54, 1.807) is 31.0 Å². The van der Waals surface area contributed by atoms with Crippen LogP contribution in [0.25, 0.3) is 0 Å². The molecule has 1 fully saturated rings. The van der Waals surface area contributed by atoms with Crippen LogP contribution in [0.2, 0.25) is 0 Å². The number of benzene rings is 1. The number of nitrogens with zero attached hydrogens (tertiary/aromatic N) is 2. The predicted molar refractivity (Wildman–Crippen MR) is 83.1 cm³/mol. The second kappa shape index (κ2) is 5.57. The Morgan fingerprint density at radius 2 is 2.18 bits per heavy atom. The van der Waals surface area contributed by atoms with Gasteiger partial charge in [0.1, 0.15) is 5.60 Å². The molecular formula is C17H21N3O2. The van der Waals surface area contributed by atoms with E-state index >= 15 is 0 Å². The van der Waals surface area contributed by atoms with Crippen molar-refractivity contribution in [1.29, 1.82) is 0 Å². The van der Waals surface area contributed by atoms with Gasteiger partial charge in [-0.3, -0.25) is 9.48 Å². The Morgan fingerprint density at radius 1 is 1.45 bits per heavy atom. The Balaban J connectivity index is 1.55. The highest BCUT2D eigenvalue weighted by Crippen LogP contribution is 2.47. The number of nitrogens with one attached hydrogen (secondary N) is 1. The van der Waals surface area contributed by atoms with Gasteiger partial charge >= 0.3 is 0 Å². The van der Waals surface area contributed by atoms with E-state index in [2.05, 4.69) is 22.5 Å². The molecule has 1 aromatic heterocycles. The molecule has 1 aliphatic rings. The van der Waals surface area contributed by atoms with Gasteiger partial charge in [-0.05, 0) is 24.8 Å². The molecule has 5 nitrogen and oxygen atoms in total. The summed E-state index contributed by atoms with van der Waals surface area (Å²) >= 11 is 0. The fraction of sp³-hybridized carbons (Fsp3) is 0.412. The average molecular weight is 299 g/mol. The topological polar surface area (TPSA) is 67.2 Å². The second-order valence-electron chi connectivity index (χ2n) is 6.25. The molecule has 0 radical (unpaired) electrons. The van der Waals surface area contributed by atoms with Crippen molar-refractivity contribution in [1.82, 2.24) is 15.1 Å². The lowest BCUT2D eigenvalue weighted by Crippen LogP contribution is -2.39. The molecule has 1 heterocycles. The van der Waals surface area contributed by atoms with Gasteiger partial charge in [-0.2, -0.15) is 5.10 Å². The maximum atomic E-state index is 12.2. The van der Waals surface area contributed by atoms with Crippen LogP contribution in [0.5, 0.6) is 0 Å². The van der Waals surface area contributed by atoms with E-state index in [0.29, 0.717) is 11.5 Å². The zero-order valence-electron chi connectivity index (χ0n) is 12.9. The quantitative estimate of drug-likeness (QED) is 0.880. The van der Waals surface area contributed by atoms with Crippen molar-refractivity contribution in [2.75, 3.05) is 6.54 Å². The highest BCUT2D eigenvalue weighted by Gasteiger charge is 2.44. The van der Waals surface area contributed by atoms with Crippen LogP contribution in [0.3, 0.4) is 0 Å². The second-order valence-corrected chi connectivity index (χ2v) is 6.25. The van der Waals surface area contributed by atoms with Crippen LogP contribution < -0.4 is 5.32 Å². The molecule has 5 heteroatoms. The zero-order chi connectivity index (χ0) is 15.7. The summed E-state index contributed by atoms with van der Waals surface area (Å²) in [4.78, 5) is 12.2. The third-order valence-electron chi connectivity index (χ3n) is 4.29. The van der Waals surface area contributed by atoms with Gasteiger partial charge in [-0.25, -0.2) is 0 Å². The number of aromatic nitrogens is 2. The molecule has 2 N–H and O–H groups in total. The van der Waals surface area contributed by atoms with Crippen molar-refractivity contribution in [3.8, 4) is 0 Å². The summed E-state index contributed by atoms with van der Waals surface area (Å²) in [6, 6.07) is 10.1. The number of hydrogen-bond donors (Lipinski definition) is 2. The van der Waals surface area contributed by atoms with Crippen LogP contribution >= 0.6 is 0 Å². The van der Waals surface area contributed by atoms with E-state index in [1.165, 1.54) is 5.56 Å². The van der Waals surface area contributed by atoms with E-state index in [9.17, 15) is 9.90 Å². The fourth-order valence-electron chi connectivity index (χ4n) is 2.75. The number of hydrogen-bond acceptors (Lipinski definition) is 3. The first-order valence-corrected chi connectivity index (χ1v) is 7.51. The first-order valence-electron chi connectivity index (χ1n) is 7.51. The Morgan fingerprint density at radius 3 is 2.82 bits per heavy atom. The van der Waals surface area contributed by atoms with E-state index in [4.69, 9.17) is 0 Å². The normalized spacial score (nSPS) is 22.9. The maximum absolute atomic E-state index is 12.2. The third kappa shape index (κ3) is 3.04. The molecule has 1 amide bonds. The summed E-state index contributed by atoms with van der Waals surface area (Å²) < 4.78 is 1.64. The highest BCUT2D eigenvalue weighted by atomic mass is 16.3. The van der Waals surface area contributed by atoms with Crippen LogP contribution in [-0.4, -0.2) is 27.3 Å². The van der Waals surface area contributed by atoms with Crippen LogP contribution in [0.15, 0.2) is 42.7 Å². The molecular weight excluding hydrogens is 278 g/mol. The van der Waals surface area contributed by atoms with Gasteiger partial charge in [0, 0.05) is 24.7 Å². The molecule has 3 rings (SSSR count). The van der Waals surface area contributed by atoms with Gasteiger partial charge < -0.3 is 10.4 Å². The van der Waals surface area contributed by atoms with Crippen LogP contribution in [0.4, 0.5) is 0 Å². The van der Waals surface area contributed by atoms with Crippen molar-refractivity contribution < 1.29 is 9.90 Å². The molecule has 3 atom stereocenters. The first kappa shape index (κ1) is 14.8. The molecule has 1 saturated carbocycles. The van der Waals surface area contributed by atoms with Crippen molar-refractivity contribution in [3.05, 3.63) is 53.9 Å². The van der Waals surface area contributed by atoms with Gasteiger partial charge in [0.25, 0.3) is 0 Å². The highest BCUT2D eigenvalue weighted by molar-refractivity contribution is 5.83. The summed E-state index contributed by atoms with van der Waals surface area (Å²) in [5, 5.41) is 17.4. The van der Waals surface area contributed by atoms with Crippen molar-refractivity contribution in [2.24, 2.45) is 13.0 Å². The Bertz CT molecular complexity index is 664. The third-order valence-corrected chi connectivity index (χ3v) is 4.29. The van der Waals surface area contributed by atoms with Crippen molar-refractivity contribution in [2.45, 2.75) is 24.9 Å². The minimum Gasteiger partial charge on any atom is -0.383 e. The molecule has 1 aromatic carbocycles. The van der Waals surface area contributed by atoms with Crippen molar-refractivity contribution in [3.63, 3.8) is 0 Å². The fourth-order valence-corrected chi connectivity index (χ4v) is 2.75. The Hall–Kier alpha value is -2.14. The number of aryl methyl sites for hydroxylation is 1. The molecule has 0 bridgehead atoms. The molecule has 0 aliphatic heterocycles. The minimum absolute atomic E-state index is 0.0121. The molecule has 0 saturated heterocycles. The average Bonchev–Trinajstić information content (AvgIpc) is 3.20. The maximum Gasteiger partial charge on any atom is 0.223 e. The number of amides is 1. The standard InChI is InChI=1S/C17H21N3O2/c1-17(22,13-9-19-20(2)10-13)11-18-16(21)15-8-14(15)12-6-4-3-5-7-12/h3-7,9-10,14-15,22H,8,11H2,1-2H3,(H,18,21). The molecule has 1 aliphatic carbocycles.